The van der Waals surface area contributed by atoms with Gasteiger partial charge in [0.25, 0.3) is 0 Å². The monoisotopic (exact) mass is 220 g/mol. The number of para-hydroxylation sites is 1. The second kappa shape index (κ2) is 6.54. The second-order valence-electron chi connectivity index (χ2n) is 4.35. The van der Waals surface area contributed by atoms with Crippen LogP contribution in [0.2, 0.25) is 0 Å². The fourth-order valence-corrected chi connectivity index (χ4v) is 1.89. The Morgan fingerprint density at radius 2 is 1.75 bits per heavy atom. The summed E-state index contributed by atoms with van der Waals surface area (Å²) in [6.45, 7) is 7.41. The zero-order valence-electron chi connectivity index (χ0n) is 10.7. The third kappa shape index (κ3) is 3.53. The Labute approximate surface area is 99.2 Å². The van der Waals surface area contributed by atoms with E-state index in [2.05, 4.69) is 37.4 Å². The summed E-state index contributed by atoms with van der Waals surface area (Å²) < 4.78 is 0. The molecule has 0 saturated heterocycles. The molecule has 2 heteroatoms. The molecular weight excluding hydrogens is 196 g/mol. The Kier molecular flexibility index (Phi) is 5.33. The van der Waals surface area contributed by atoms with Crippen molar-refractivity contribution in [3.8, 4) is 0 Å². The van der Waals surface area contributed by atoms with E-state index >= 15 is 0 Å². The maximum atomic E-state index is 5.76. The van der Waals surface area contributed by atoms with Crippen molar-refractivity contribution in [1.82, 2.24) is 0 Å². The fraction of sp³-hybridized carbons (Fsp3) is 0.571. The van der Waals surface area contributed by atoms with Gasteiger partial charge in [0.05, 0.1) is 0 Å². The average Bonchev–Trinajstić information content (AvgIpc) is 2.28. The van der Waals surface area contributed by atoms with Crippen molar-refractivity contribution in [2.45, 2.75) is 46.1 Å². The molecule has 1 aromatic rings. The van der Waals surface area contributed by atoms with E-state index in [1.54, 1.807) is 0 Å². The molecule has 16 heavy (non-hydrogen) atoms. The highest BCUT2D eigenvalue weighted by Gasteiger charge is 2.05. The molecule has 0 amide bonds. The lowest BCUT2D eigenvalue weighted by molar-refractivity contribution is 0.689. The number of rotatable bonds is 6. The van der Waals surface area contributed by atoms with Crippen molar-refractivity contribution in [3.63, 3.8) is 0 Å². The van der Waals surface area contributed by atoms with Gasteiger partial charge in [0.1, 0.15) is 0 Å². The Hall–Kier alpha value is -1.02. The largest absolute Gasteiger partial charge is 0.385 e. The molecule has 0 spiro atoms. The number of nitrogens with two attached hydrogens (primary N) is 1. The molecule has 0 aliphatic rings. The highest BCUT2D eigenvalue weighted by atomic mass is 14.9. The predicted molar refractivity (Wildman–Crippen MR) is 72.0 cm³/mol. The van der Waals surface area contributed by atoms with Crippen LogP contribution >= 0.6 is 0 Å². The number of benzene rings is 1. The number of anilines is 1. The molecule has 3 N–H and O–H groups in total. The van der Waals surface area contributed by atoms with Crippen molar-refractivity contribution in [3.05, 3.63) is 29.3 Å². The number of nitrogens with one attached hydrogen (secondary N) is 1. The quantitative estimate of drug-likeness (QED) is 0.773. The van der Waals surface area contributed by atoms with Crippen LogP contribution in [0.5, 0.6) is 0 Å². The third-order valence-electron chi connectivity index (χ3n) is 2.90. The van der Waals surface area contributed by atoms with Gasteiger partial charge in [0.2, 0.25) is 0 Å². The lowest BCUT2D eigenvalue weighted by Crippen LogP contribution is -2.19. The van der Waals surface area contributed by atoms with Crippen LogP contribution in [0.4, 0.5) is 5.69 Å². The summed E-state index contributed by atoms with van der Waals surface area (Å²) in [4.78, 5) is 0. The van der Waals surface area contributed by atoms with Crippen molar-refractivity contribution in [1.29, 1.82) is 0 Å². The first-order valence-corrected chi connectivity index (χ1v) is 6.29. The predicted octanol–water partition coefficient (Wildman–Crippen LogP) is 2.96. The van der Waals surface area contributed by atoms with Crippen LogP contribution in [-0.4, -0.2) is 12.6 Å². The smallest absolute Gasteiger partial charge is 0.0405 e. The van der Waals surface area contributed by atoms with Gasteiger partial charge in [-0.15, -0.1) is 0 Å². The minimum Gasteiger partial charge on any atom is -0.385 e. The minimum absolute atomic E-state index is 0.270. The van der Waals surface area contributed by atoms with Gasteiger partial charge in [-0.3, -0.25) is 0 Å². The van der Waals surface area contributed by atoms with Crippen molar-refractivity contribution < 1.29 is 0 Å². The molecule has 2 nitrogen and oxygen atoms in total. The summed E-state index contributed by atoms with van der Waals surface area (Å²) in [5.74, 6) is 0. The Morgan fingerprint density at radius 1 is 1.19 bits per heavy atom. The first-order valence-electron chi connectivity index (χ1n) is 6.29. The van der Waals surface area contributed by atoms with Gasteiger partial charge in [0.15, 0.2) is 0 Å². The first-order chi connectivity index (χ1) is 7.69. The van der Waals surface area contributed by atoms with Crippen molar-refractivity contribution in [2.75, 3.05) is 11.9 Å². The van der Waals surface area contributed by atoms with Crippen LogP contribution in [0.1, 0.15) is 38.3 Å². The molecule has 0 saturated carbocycles. The summed E-state index contributed by atoms with van der Waals surface area (Å²) in [7, 11) is 0. The van der Waals surface area contributed by atoms with Gasteiger partial charge in [-0.2, -0.15) is 0 Å². The topological polar surface area (TPSA) is 38.0 Å². The maximum absolute atomic E-state index is 5.76. The van der Waals surface area contributed by atoms with E-state index < -0.39 is 0 Å². The lowest BCUT2D eigenvalue weighted by Gasteiger charge is -2.16. The van der Waals surface area contributed by atoms with Crippen LogP contribution in [0.25, 0.3) is 0 Å². The van der Waals surface area contributed by atoms with E-state index in [0.29, 0.717) is 0 Å². The van der Waals surface area contributed by atoms with Gasteiger partial charge < -0.3 is 11.1 Å². The highest BCUT2D eigenvalue weighted by Crippen LogP contribution is 2.22. The van der Waals surface area contributed by atoms with Gasteiger partial charge >= 0.3 is 0 Å². The average molecular weight is 220 g/mol. The first kappa shape index (κ1) is 13.0. The second-order valence-corrected chi connectivity index (χ2v) is 4.35. The van der Waals surface area contributed by atoms with Gasteiger partial charge in [-0.05, 0) is 37.3 Å². The van der Waals surface area contributed by atoms with Gasteiger partial charge in [-0.1, -0.05) is 32.0 Å². The molecular formula is C14H24N2. The molecule has 0 aliphatic carbocycles. The van der Waals surface area contributed by atoms with Crippen LogP contribution in [0.3, 0.4) is 0 Å². The highest BCUT2D eigenvalue weighted by molar-refractivity contribution is 5.57. The summed E-state index contributed by atoms with van der Waals surface area (Å²) in [6.07, 6.45) is 3.17. The molecule has 0 radical (unpaired) electrons. The molecule has 0 aliphatic heterocycles. The minimum atomic E-state index is 0.270. The molecule has 0 aromatic heterocycles. The molecule has 0 bridgehead atoms. The molecule has 0 fully saturated rings. The summed E-state index contributed by atoms with van der Waals surface area (Å²) in [6, 6.07) is 6.82. The molecule has 1 unspecified atom stereocenters. The third-order valence-corrected chi connectivity index (χ3v) is 2.90. The molecule has 90 valence electrons. The van der Waals surface area contributed by atoms with E-state index in [4.69, 9.17) is 5.73 Å². The maximum Gasteiger partial charge on any atom is 0.0405 e. The molecule has 1 rings (SSSR count). The molecule has 0 heterocycles. The van der Waals surface area contributed by atoms with E-state index in [1.165, 1.54) is 16.8 Å². The molecule has 1 aromatic carbocycles. The van der Waals surface area contributed by atoms with E-state index in [-0.39, 0.29) is 6.04 Å². The SMILES string of the molecule is CCc1cccc(CC)c1NCCC(C)N. The van der Waals surface area contributed by atoms with Gasteiger partial charge in [-0.25, -0.2) is 0 Å². The van der Waals surface area contributed by atoms with Crippen LogP contribution in [0.15, 0.2) is 18.2 Å². The standard InChI is InChI=1S/C14H24N2/c1-4-12-7-6-8-13(5-2)14(12)16-10-9-11(3)15/h6-8,11,16H,4-5,9-10,15H2,1-3H3. The summed E-state index contributed by atoms with van der Waals surface area (Å²) >= 11 is 0. The Morgan fingerprint density at radius 3 is 2.19 bits per heavy atom. The number of hydrogen-bond donors (Lipinski definition) is 2. The van der Waals surface area contributed by atoms with E-state index in [9.17, 15) is 0 Å². The van der Waals surface area contributed by atoms with Crippen LogP contribution in [-0.2, 0) is 12.8 Å². The number of aryl methyl sites for hydroxylation is 2. The summed E-state index contributed by atoms with van der Waals surface area (Å²) in [5.41, 5.74) is 9.90. The molecule has 1 atom stereocenters. The Bertz CT molecular complexity index is 296. The normalized spacial score (nSPS) is 12.5. The summed E-state index contributed by atoms with van der Waals surface area (Å²) in [5, 5.41) is 3.54. The zero-order chi connectivity index (χ0) is 12.0. The van der Waals surface area contributed by atoms with Crippen molar-refractivity contribution in [2.24, 2.45) is 5.73 Å². The zero-order valence-corrected chi connectivity index (χ0v) is 10.7. The Balaban J connectivity index is 2.74. The van der Waals surface area contributed by atoms with Crippen LogP contribution in [0, 0.1) is 0 Å². The fourth-order valence-electron chi connectivity index (χ4n) is 1.89. The van der Waals surface area contributed by atoms with Crippen molar-refractivity contribution >= 4 is 5.69 Å². The lowest BCUT2D eigenvalue weighted by atomic mass is 10.0. The van der Waals surface area contributed by atoms with Gasteiger partial charge in [0, 0.05) is 18.3 Å². The van der Waals surface area contributed by atoms with Crippen LogP contribution < -0.4 is 11.1 Å². The number of hydrogen-bond acceptors (Lipinski definition) is 2. The van der Waals surface area contributed by atoms with E-state index in [0.717, 1.165) is 25.8 Å². The van der Waals surface area contributed by atoms with E-state index in [1.807, 2.05) is 6.92 Å².